The van der Waals surface area contributed by atoms with Gasteiger partial charge in [-0.15, -0.1) is 5.10 Å². The summed E-state index contributed by atoms with van der Waals surface area (Å²) in [5.74, 6) is 1.09. The summed E-state index contributed by atoms with van der Waals surface area (Å²) in [6.07, 6.45) is 10.0. The Morgan fingerprint density at radius 2 is 2.14 bits per heavy atom. The zero-order valence-corrected chi connectivity index (χ0v) is 12.6. The van der Waals surface area contributed by atoms with E-state index in [4.69, 9.17) is 0 Å². The van der Waals surface area contributed by atoms with Crippen LogP contribution in [0.5, 0.6) is 0 Å². The van der Waals surface area contributed by atoms with Crippen LogP contribution in [0.25, 0.3) is 0 Å². The fraction of sp³-hybridized carbons (Fsp3) is 0.500. The summed E-state index contributed by atoms with van der Waals surface area (Å²) in [7, 11) is 0. The Hall–Kier alpha value is -2.24. The van der Waals surface area contributed by atoms with Crippen LogP contribution >= 0.6 is 0 Å². The number of hydrogen-bond donors (Lipinski definition) is 1. The van der Waals surface area contributed by atoms with Gasteiger partial charge < -0.3 is 0 Å². The lowest BCUT2D eigenvalue weighted by molar-refractivity contribution is -0.116. The Morgan fingerprint density at radius 1 is 1.27 bits per heavy atom. The number of carbonyl (C=O) groups excluding carboxylic acids is 1. The van der Waals surface area contributed by atoms with Crippen molar-refractivity contribution in [2.45, 2.75) is 45.1 Å². The largest absolute Gasteiger partial charge is 0.293 e. The average molecular weight is 299 g/mol. The highest BCUT2D eigenvalue weighted by atomic mass is 16.1. The van der Waals surface area contributed by atoms with Crippen molar-refractivity contribution in [3.05, 3.63) is 36.4 Å². The summed E-state index contributed by atoms with van der Waals surface area (Å²) in [6, 6.07) is 5.74. The Bertz CT molecular complexity index is 604. The van der Waals surface area contributed by atoms with Crippen LogP contribution < -0.4 is 5.32 Å². The lowest BCUT2D eigenvalue weighted by atomic mass is 10.0. The molecule has 3 rings (SSSR count). The molecule has 0 spiro atoms. The van der Waals surface area contributed by atoms with E-state index in [0.29, 0.717) is 18.9 Å². The first-order valence-electron chi connectivity index (χ1n) is 7.89. The van der Waals surface area contributed by atoms with Gasteiger partial charge in [0.25, 0.3) is 0 Å². The van der Waals surface area contributed by atoms with Crippen molar-refractivity contribution >= 4 is 11.9 Å². The first kappa shape index (κ1) is 14.7. The van der Waals surface area contributed by atoms with Gasteiger partial charge in [-0.1, -0.05) is 31.7 Å². The maximum Gasteiger partial charge on any atom is 0.248 e. The van der Waals surface area contributed by atoms with Crippen molar-refractivity contribution in [1.29, 1.82) is 0 Å². The molecule has 116 valence electrons. The minimum atomic E-state index is 0.00230. The highest BCUT2D eigenvalue weighted by Gasteiger charge is 2.16. The third-order valence-electron chi connectivity index (χ3n) is 4.09. The summed E-state index contributed by atoms with van der Waals surface area (Å²) in [5, 5.41) is 7.03. The van der Waals surface area contributed by atoms with Gasteiger partial charge in [-0.05, 0) is 24.5 Å². The predicted molar refractivity (Wildman–Crippen MR) is 83.2 cm³/mol. The van der Waals surface area contributed by atoms with Gasteiger partial charge in [-0.25, -0.2) is 9.67 Å². The number of amides is 1. The minimum Gasteiger partial charge on any atom is -0.293 e. The Morgan fingerprint density at radius 3 is 2.91 bits per heavy atom. The van der Waals surface area contributed by atoms with Crippen LogP contribution in [0, 0.1) is 5.92 Å². The number of nitrogens with zero attached hydrogens (tertiary/aromatic N) is 4. The molecule has 6 heteroatoms. The standard InChI is InChI=1S/C16H21N5O/c22-15(9-8-13-5-1-2-6-13)19-16-18-12-21(20-16)11-14-7-3-4-10-17-14/h3-4,7,10,12-13H,1-2,5-6,8-9,11H2,(H,19,20,22). The van der Waals surface area contributed by atoms with E-state index in [9.17, 15) is 4.79 Å². The topological polar surface area (TPSA) is 72.7 Å². The van der Waals surface area contributed by atoms with E-state index in [2.05, 4.69) is 20.4 Å². The quantitative estimate of drug-likeness (QED) is 0.890. The molecule has 1 aliphatic carbocycles. The van der Waals surface area contributed by atoms with Crippen LogP contribution in [0.3, 0.4) is 0 Å². The highest BCUT2D eigenvalue weighted by molar-refractivity contribution is 5.88. The van der Waals surface area contributed by atoms with Crippen molar-refractivity contribution in [3.8, 4) is 0 Å². The van der Waals surface area contributed by atoms with E-state index in [1.165, 1.54) is 25.7 Å². The Balaban J connectivity index is 1.47. The predicted octanol–water partition coefficient (Wildman–Crippen LogP) is 2.63. The zero-order chi connectivity index (χ0) is 15.2. The van der Waals surface area contributed by atoms with Crippen LogP contribution in [-0.4, -0.2) is 25.7 Å². The summed E-state index contributed by atoms with van der Waals surface area (Å²) in [6.45, 7) is 0.547. The summed E-state index contributed by atoms with van der Waals surface area (Å²) in [5.41, 5.74) is 0.909. The number of pyridine rings is 1. The van der Waals surface area contributed by atoms with Crippen molar-refractivity contribution in [2.24, 2.45) is 5.92 Å². The van der Waals surface area contributed by atoms with E-state index in [1.54, 1.807) is 17.2 Å². The molecule has 0 aromatic carbocycles. The fourth-order valence-corrected chi connectivity index (χ4v) is 2.91. The summed E-state index contributed by atoms with van der Waals surface area (Å²) >= 11 is 0. The highest BCUT2D eigenvalue weighted by Crippen LogP contribution is 2.28. The molecule has 2 heterocycles. The van der Waals surface area contributed by atoms with Gasteiger partial charge in [-0.2, -0.15) is 0 Å². The normalized spacial score (nSPS) is 15.1. The van der Waals surface area contributed by atoms with Gasteiger partial charge in [0.15, 0.2) is 0 Å². The van der Waals surface area contributed by atoms with Crippen LogP contribution in [0.4, 0.5) is 5.95 Å². The monoisotopic (exact) mass is 299 g/mol. The number of rotatable bonds is 6. The second-order valence-corrected chi connectivity index (χ2v) is 5.82. The molecule has 6 nitrogen and oxygen atoms in total. The first-order valence-corrected chi connectivity index (χ1v) is 7.89. The molecule has 1 aliphatic rings. The molecule has 1 amide bonds. The lowest BCUT2D eigenvalue weighted by Gasteiger charge is -2.07. The average Bonchev–Trinajstić information content (AvgIpc) is 3.18. The second kappa shape index (κ2) is 7.15. The maximum atomic E-state index is 11.9. The SMILES string of the molecule is O=C(CCC1CCCC1)Nc1ncn(Cc2ccccn2)n1. The fourth-order valence-electron chi connectivity index (χ4n) is 2.91. The van der Waals surface area contributed by atoms with Crippen molar-refractivity contribution in [2.75, 3.05) is 5.32 Å². The Labute approximate surface area is 130 Å². The summed E-state index contributed by atoms with van der Waals surface area (Å²) < 4.78 is 1.68. The molecular formula is C16H21N5O. The number of nitrogens with one attached hydrogen (secondary N) is 1. The van der Waals surface area contributed by atoms with Crippen molar-refractivity contribution in [1.82, 2.24) is 19.7 Å². The molecule has 1 N–H and O–H groups in total. The number of anilines is 1. The molecule has 0 bridgehead atoms. The number of aromatic nitrogens is 4. The van der Waals surface area contributed by atoms with Gasteiger partial charge in [-0.3, -0.25) is 15.1 Å². The molecule has 2 aromatic heterocycles. The van der Waals surface area contributed by atoms with E-state index >= 15 is 0 Å². The van der Waals surface area contributed by atoms with E-state index in [0.717, 1.165) is 18.0 Å². The molecule has 0 unspecified atom stereocenters. The third kappa shape index (κ3) is 4.13. The minimum absolute atomic E-state index is 0.00230. The zero-order valence-electron chi connectivity index (χ0n) is 12.6. The molecule has 1 saturated carbocycles. The molecule has 22 heavy (non-hydrogen) atoms. The number of hydrogen-bond acceptors (Lipinski definition) is 4. The molecule has 0 aliphatic heterocycles. The van der Waals surface area contributed by atoms with Gasteiger partial charge >= 0.3 is 0 Å². The van der Waals surface area contributed by atoms with Crippen LogP contribution in [0.2, 0.25) is 0 Å². The summed E-state index contributed by atoms with van der Waals surface area (Å²) in [4.78, 5) is 20.3. The molecule has 0 saturated heterocycles. The van der Waals surface area contributed by atoms with Gasteiger partial charge in [0.2, 0.25) is 11.9 Å². The van der Waals surface area contributed by atoms with Gasteiger partial charge in [0.05, 0.1) is 12.2 Å². The molecule has 0 radical (unpaired) electrons. The maximum absolute atomic E-state index is 11.9. The van der Waals surface area contributed by atoms with Crippen LogP contribution in [0.15, 0.2) is 30.7 Å². The molecule has 2 aromatic rings. The first-order chi connectivity index (χ1) is 10.8. The van der Waals surface area contributed by atoms with Crippen LogP contribution in [0.1, 0.15) is 44.2 Å². The molecule has 0 atom stereocenters. The van der Waals surface area contributed by atoms with Crippen molar-refractivity contribution < 1.29 is 4.79 Å². The van der Waals surface area contributed by atoms with Crippen LogP contribution in [-0.2, 0) is 11.3 Å². The lowest BCUT2D eigenvalue weighted by Crippen LogP contribution is -2.14. The second-order valence-electron chi connectivity index (χ2n) is 5.82. The van der Waals surface area contributed by atoms with E-state index < -0.39 is 0 Å². The van der Waals surface area contributed by atoms with Gasteiger partial charge in [0.1, 0.15) is 6.33 Å². The smallest absolute Gasteiger partial charge is 0.248 e. The Kier molecular flexibility index (Phi) is 4.78. The van der Waals surface area contributed by atoms with Gasteiger partial charge in [0, 0.05) is 12.6 Å². The van der Waals surface area contributed by atoms with Crippen molar-refractivity contribution in [3.63, 3.8) is 0 Å². The number of carbonyl (C=O) groups is 1. The van der Waals surface area contributed by atoms with E-state index in [1.807, 2.05) is 18.2 Å². The molecule has 1 fully saturated rings. The molecular weight excluding hydrogens is 278 g/mol. The third-order valence-corrected chi connectivity index (χ3v) is 4.09. The van der Waals surface area contributed by atoms with E-state index in [-0.39, 0.29) is 5.91 Å².